The minimum Gasteiger partial charge on any atom is -0.0974 e. The van der Waals surface area contributed by atoms with E-state index in [1.165, 1.54) is 5.57 Å². The molecule has 0 amide bonds. The summed E-state index contributed by atoms with van der Waals surface area (Å²) in [6, 6.07) is 0. The SMILES string of the molecule is CCC(C)C1=CC(Cl)(Br)C=C[CH]1. The Morgan fingerprint density at radius 2 is 2.33 bits per heavy atom. The van der Waals surface area contributed by atoms with Crippen molar-refractivity contribution in [3.05, 3.63) is 30.2 Å². The largest absolute Gasteiger partial charge is 0.135 e. The number of hydrogen-bond acceptors (Lipinski definition) is 0. The lowest BCUT2D eigenvalue weighted by atomic mass is 9.92. The molecule has 0 fully saturated rings. The van der Waals surface area contributed by atoms with Gasteiger partial charge in [0.15, 0.2) is 0 Å². The second-order valence-electron chi connectivity index (χ2n) is 3.15. The molecule has 1 rings (SSSR count). The van der Waals surface area contributed by atoms with Crippen LogP contribution in [0.2, 0.25) is 0 Å². The molecular weight excluding hydrogens is 235 g/mol. The maximum atomic E-state index is 6.10. The van der Waals surface area contributed by atoms with E-state index in [9.17, 15) is 0 Å². The van der Waals surface area contributed by atoms with Crippen LogP contribution in [0, 0.1) is 12.3 Å². The van der Waals surface area contributed by atoms with Gasteiger partial charge in [-0.05, 0) is 18.4 Å². The summed E-state index contributed by atoms with van der Waals surface area (Å²) in [5.74, 6) is 0.589. The maximum Gasteiger partial charge on any atom is 0.135 e. The van der Waals surface area contributed by atoms with Gasteiger partial charge in [-0.25, -0.2) is 0 Å². The minimum absolute atomic E-state index is 0.458. The van der Waals surface area contributed by atoms with Gasteiger partial charge < -0.3 is 0 Å². The van der Waals surface area contributed by atoms with Crippen LogP contribution in [-0.2, 0) is 0 Å². The fraction of sp³-hybridized carbons (Fsp3) is 0.500. The third-order valence-corrected chi connectivity index (χ3v) is 2.88. The lowest BCUT2D eigenvalue weighted by molar-refractivity contribution is 0.659. The Bertz CT molecular complexity index is 216. The van der Waals surface area contributed by atoms with Crippen LogP contribution in [0.3, 0.4) is 0 Å². The summed E-state index contributed by atoms with van der Waals surface area (Å²) in [5.41, 5.74) is 1.31. The van der Waals surface area contributed by atoms with Crippen molar-refractivity contribution in [1.29, 1.82) is 0 Å². The van der Waals surface area contributed by atoms with Gasteiger partial charge in [0.1, 0.15) is 3.78 Å². The van der Waals surface area contributed by atoms with E-state index >= 15 is 0 Å². The van der Waals surface area contributed by atoms with Crippen molar-refractivity contribution in [2.75, 3.05) is 0 Å². The second kappa shape index (κ2) is 3.97. The van der Waals surface area contributed by atoms with Crippen molar-refractivity contribution in [3.63, 3.8) is 0 Å². The zero-order valence-corrected chi connectivity index (χ0v) is 9.69. The van der Waals surface area contributed by atoms with Gasteiger partial charge in [0.05, 0.1) is 0 Å². The number of hydrogen-bond donors (Lipinski definition) is 0. The highest BCUT2D eigenvalue weighted by molar-refractivity contribution is 9.10. The van der Waals surface area contributed by atoms with Crippen molar-refractivity contribution < 1.29 is 0 Å². The predicted octanol–water partition coefficient (Wildman–Crippen LogP) is 4.06. The molecule has 2 atom stereocenters. The summed E-state index contributed by atoms with van der Waals surface area (Å²) in [6.45, 7) is 4.39. The number of rotatable bonds is 2. The van der Waals surface area contributed by atoms with Gasteiger partial charge in [-0.2, -0.15) is 0 Å². The molecule has 0 heterocycles. The van der Waals surface area contributed by atoms with Crippen LogP contribution in [0.1, 0.15) is 20.3 Å². The Balaban J connectivity index is 2.74. The van der Waals surface area contributed by atoms with Gasteiger partial charge in [-0.3, -0.25) is 0 Å². The topological polar surface area (TPSA) is 0 Å². The van der Waals surface area contributed by atoms with Crippen LogP contribution in [0.25, 0.3) is 0 Å². The van der Waals surface area contributed by atoms with E-state index in [0.29, 0.717) is 5.92 Å². The molecule has 0 aromatic carbocycles. The van der Waals surface area contributed by atoms with Crippen molar-refractivity contribution >= 4 is 27.5 Å². The molecule has 0 N–H and O–H groups in total. The van der Waals surface area contributed by atoms with Crippen molar-refractivity contribution in [2.24, 2.45) is 5.92 Å². The molecule has 0 aromatic heterocycles. The standard InChI is InChI=1S/C10H13BrCl/c1-3-8(2)9-5-4-6-10(11,12)7-9/h4-8H,3H2,1-2H3. The van der Waals surface area contributed by atoms with E-state index in [2.05, 4.69) is 42.3 Å². The van der Waals surface area contributed by atoms with Gasteiger partial charge >= 0.3 is 0 Å². The first-order valence-corrected chi connectivity index (χ1v) is 5.35. The molecular formula is C10H13BrCl. The van der Waals surface area contributed by atoms with Gasteiger partial charge in [-0.15, -0.1) is 0 Å². The van der Waals surface area contributed by atoms with Gasteiger partial charge in [0.25, 0.3) is 0 Å². The monoisotopic (exact) mass is 247 g/mol. The lowest BCUT2D eigenvalue weighted by Gasteiger charge is -2.21. The molecule has 2 heteroatoms. The van der Waals surface area contributed by atoms with Crippen LogP contribution in [0.5, 0.6) is 0 Å². The molecule has 1 radical (unpaired) electrons. The summed E-state index contributed by atoms with van der Waals surface area (Å²) < 4.78 is -0.458. The molecule has 0 spiro atoms. The van der Waals surface area contributed by atoms with Crippen LogP contribution in [0.15, 0.2) is 23.8 Å². The summed E-state index contributed by atoms with van der Waals surface area (Å²) >= 11 is 9.51. The molecule has 0 aliphatic heterocycles. The average Bonchev–Trinajstić information content (AvgIpc) is 2.01. The van der Waals surface area contributed by atoms with Gasteiger partial charge in [0, 0.05) is 6.42 Å². The summed E-state index contributed by atoms with van der Waals surface area (Å²) in [7, 11) is 0. The lowest BCUT2D eigenvalue weighted by Crippen LogP contribution is -2.12. The Hall–Kier alpha value is 0.250. The molecule has 2 unspecified atom stereocenters. The smallest absolute Gasteiger partial charge is 0.0974 e. The van der Waals surface area contributed by atoms with Crippen molar-refractivity contribution in [2.45, 2.75) is 24.1 Å². The van der Waals surface area contributed by atoms with Gasteiger partial charge in [-0.1, -0.05) is 59.1 Å². The van der Waals surface area contributed by atoms with E-state index in [0.717, 1.165) is 6.42 Å². The number of halogens is 2. The third kappa shape index (κ3) is 2.63. The predicted molar refractivity (Wildman–Crippen MR) is 58.5 cm³/mol. The normalized spacial score (nSPS) is 31.5. The molecule has 1 aliphatic carbocycles. The Kier molecular flexibility index (Phi) is 3.42. The van der Waals surface area contributed by atoms with E-state index in [1.54, 1.807) is 0 Å². The first kappa shape index (κ1) is 10.3. The molecule has 67 valence electrons. The third-order valence-electron chi connectivity index (χ3n) is 2.15. The molecule has 0 saturated heterocycles. The van der Waals surface area contributed by atoms with E-state index in [-0.39, 0.29) is 0 Å². The molecule has 1 aliphatic rings. The summed E-state index contributed by atoms with van der Waals surface area (Å²) in [6.07, 6.45) is 9.26. The molecule has 0 nitrogen and oxygen atoms in total. The zero-order valence-electron chi connectivity index (χ0n) is 7.35. The molecule has 0 bridgehead atoms. The molecule has 0 aromatic rings. The highest BCUT2D eigenvalue weighted by Crippen LogP contribution is 2.35. The van der Waals surface area contributed by atoms with E-state index in [1.807, 2.05) is 12.2 Å². The van der Waals surface area contributed by atoms with Crippen molar-refractivity contribution in [3.8, 4) is 0 Å². The van der Waals surface area contributed by atoms with Crippen LogP contribution in [0.4, 0.5) is 0 Å². The van der Waals surface area contributed by atoms with Crippen LogP contribution < -0.4 is 0 Å². The fourth-order valence-electron chi connectivity index (χ4n) is 1.15. The number of alkyl halides is 2. The van der Waals surface area contributed by atoms with Gasteiger partial charge in [0.2, 0.25) is 0 Å². The summed E-state index contributed by atoms with van der Waals surface area (Å²) in [5, 5.41) is 0. The second-order valence-corrected chi connectivity index (χ2v) is 5.55. The Morgan fingerprint density at radius 1 is 1.67 bits per heavy atom. The highest BCUT2D eigenvalue weighted by atomic mass is 79.9. The van der Waals surface area contributed by atoms with E-state index in [4.69, 9.17) is 11.6 Å². The Morgan fingerprint density at radius 3 is 2.83 bits per heavy atom. The van der Waals surface area contributed by atoms with Crippen molar-refractivity contribution in [1.82, 2.24) is 0 Å². The molecule has 12 heavy (non-hydrogen) atoms. The fourth-order valence-corrected chi connectivity index (χ4v) is 1.76. The average molecular weight is 249 g/mol. The minimum atomic E-state index is -0.458. The maximum absolute atomic E-state index is 6.10. The van der Waals surface area contributed by atoms with Crippen LogP contribution >= 0.6 is 27.5 Å². The zero-order chi connectivity index (χ0) is 9.19. The first-order valence-electron chi connectivity index (χ1n) is 4.18. The van der Waals surface area contributed by atoms with E-state index < -0.39 is 3.78 Å². The van der Waals surface area contributed by atoms with Crippen LogP contribution in [-0.4, -0.2) is 3.78 Å². The number of allylic oxidation sites excluding steroid dienone is 4. The highest BCUT2D eigenvalue weighted by Gasteiger charge is 2.21. The Labute approximate surface area is 87.8 Å². The summed E-state index contributed by atoms with van der Waals surface area (Å²) in [4.78, 5) is 0. The molecule has 0 saturated carbocycles. The quantitative estimate of drug-likeness (QED) is 0.647. The first-order chi connectivity index (χ1) is 5.55.